The molecule has 0 saturated heterocycles. The molecule has 0 fully saturated rings. The number of hydrogen-bond donors (Lipinski definition) is 2. The van der Waals surface area contributed by atoms with Crippen molar-refractivity contribution in [3.05, 3.63) is 52.6 Å². The van der Waals surface area contributed by atoms with Gasteiger partial charge in [-0.3, -0.25) is 10.5 Å². The Labute approximate surface area is 110 Å². The summed E-state index contributed by atoms with van der Waals surface area (Å²) in [5, 5.41) is 4.69. The minimum absolute atomic E-state index is 0.287. The first kappa shape index (κ1) is 13.0. The maximum atomic E-state index is 12.9. The van der Waals surface area contributed by atoms with Gasteiger partial charge in [0.05, 0.1) is 23.0 Å². The highest BCUT2D eigenvalue weighted by atomic mass is 35.5. The molecule has 18 heavy (non-hydrogen) atoms. The zero-order valence-electron chi connectivity index (χ0n) is 9.90. The summed E-state index contributed by atoms with van der Waals surface area (Å²) in [6.07, 6.45) is 1.58. The van der Waals surface area contributed by atoms with Gasteiger partial charge in [0.15, 0.2) is 0 Å². The van der Waals surface area contributed by atoms with Crippen LogP contribution >= 0.6 is 11.6 Å². The number of nitrogens with one attached hydrogen (secondary N) is 1. The Bertz CT molecular complexity index is 523. The largest absolute Gasteiger partial charge is 0.271 e. The summed E-state index contributed by atoms with van der Waals surface area (Å²) in [7, 11) is 0. The minimum Gasteiger partial charge on any atom is -0.271 e. The lowest BCUT2D eigenvalue weighted by Gasteiger charge is -2.18. The Morgan fingerprint density at radius 2 is 2.11 bits per heavy atom. The number of halogens is 2. The van der Waals surface area contributed by atoms with E-state index >= 15 is 0 Å². The molecule has 6 heteroatoms. The Morgan fingerprint density at radius 3 is 2.67 bits per heavy atom. The van der Waals surface area contributed by atoms with Gasteiger partial charge in [-0.2, -0.15) is 5.10 Å². The lowest BCUT2D eigenvalue weighted by atomic mass is 10.0. The van der Waals surface area contributed by atoms with Crippen molar-refractivity contribution in [2.75, 3.05) is 0 Å². The Kier molecular flexibility index (Phi) is 3.96. The average molecular weight is 269 g/mol. The third-order valence-corrected chi connectivity index (χ3v) is 3.07. The lowest BCUT2D eigenvalue weighted by Crippen LogP contribution is -2.31. The van der Waals surface area contributed by atoms with Gasteiger partial charge in [-0.1, -0.05) is 23.7 Å². The standard InChI is InChI=1S/C12H14ClFN4/c1-2-18-12(10(13)7-16-18)11(17-15)8-3-5-9(14)6-4-8/h3-7,11,17H,2,15H2,1H3. The number of nitrogens with zero attached hydrogens (tertiary/aromatic N) is 2. The normalized spacial score (nSPS) is 12.7. The van der Waals surface area contributed by atoms with E-state index in [0.717, 1.165) is 11.3 Å². The van der Waals surface area contributed by atoms with E-state index < -0.39 is 0 Å². The number of aryl methyl sites for hydroxylation is 1. The van der Waals surface area contributed by atoms with Crippen LogP contribution in [0, 0.1) is 5.82 Å². The van der Waals surface area contributed by atoms with Crippen LogP contribution in [0.5, 0.6) is 0 Å². The summed E-state index contributed by atoms with van der Waals surface area (Å²) in [5.41, 5.74) is 4.29. The van der Waals surface area contributed by atoms with Crippen molar-refractivity contribution in [2.45, 2.75) is 19.5 Å². The van der Waals surface area contributed by atoms with Crippen molar-refractivity contribution in [3.8, 4) is 0 Å². The van der Waals surface area contributed by atoms with Gasteiger partial charge in [-0.05, 0) is 24.6 Å². The molecule has 0 spiro atoms. The SMILES string of the molecule is CCn1ncc(Cl)c1C(NN)c1ccc(F)cc1. The highest BCUT2D eigenvalue weighted by molar-refractivity contribution is 6.31. The van der Waals surface area contributed by atoms with Crippen LogP contribution in [0.1, 0.15) is 24.2 Å². The van der Waals surface area contributed by atoms with Gasteiger partial charge in [0.25, 0.3) is 0 Å². The molecule has 96 valence electrons. The molecule has 0 saturated carbocycles. The second-order valence-electron chi connectivity index (χ2n) is 3.84. The Morgan fingerprint density at radius 1 is 1.44 bits per heavy atom. The van der Waals surface area contributed by atoms with Crippen molar-refractivity contribution in [3.63, 3.8) is 0 Å². The first-order valence-electron chi connectivity index (χ1n) is 5.60. The van der Waals surface area contributed by atoms with Crippen molar-refractivity contribution in [2.24, 2.45) is 5.84 Å². The van der Waals surface area contributed by atoms with E-state index in [2.05, 4.69) is 10.5 Å². The Balaban J connectivity index is 2.44. The third kappa shape index (κ3) is 2.38. The van der Waals surface area contributed by atoms with Crippen LogP contribution in [-0.4, -0.2) is 9.78 Å². The molecule has 0 amide bonds. The zero-order valence-corrected chi connectivity index (χ0v) is 10.7. The molecule has 1 aromatic carbocycles. The summed E-state index contributed by atoms with van der Waals surface area (Å²) in [6, 6.07) is 5.80. The smallest absolute Gasteiger partial charge is 0.123 e. The second kappa shape index (κ2) is 5.48. The highest BCUT2D eigenvalue weighted by Gasteiger charge is 2.20. The maximum Gasteiger partial charge on any atom is 0.123 e. The van der Waals surface area contributed by atoms with Gasteiger partial charge in [0.2, 0.25) is 0 Å². The fourth-order valence-electron chi connectivity index (χ4n) is 1.90. The lowest BCUT2D eigenvalue weighted by molar-refractivity contribution is 0.542. The number of benzene rings is 1. The van der Waals surface area contributed by atoms with E-state index in [1.807, 2.05) is 6.92 Å². The van der Waals surface area contributed by atoms with Gasteiger partial charge in [-0.15, -0.1) is 0 Å². The minimum atomic E-state index is -0.319. The predicted octanol–water partition coefficient (Wildman–Crippen LogP) is 2.25. The Hall–Kier alpha value is -1.43. The first-order valence-corrected chi connectivity index (χ1v) is 5.98. The fourth-order valence-corrected chi connectivity index (χ4v) is 2.15. The molecule has 4 nitrogen and oxygen atoms in total. The molecule has 0 bridgehead atoms. The first-order chi connectivity index (χ1) is 8.67. The quantitative estimate of drug-likeness (QED) is 0.661. The van der Waals surface area contributed by atoms with Crippen LogP contribution in [0.3, 0.4) is 0 Å². The summed E-state index contributed by atoms with van der Waals surface area (Å²) in [4.78, 5) is 0. The molecular weight excluding hydrogens is 255 g/mol. The summed E-state index contributed by atoms with van der Waals surface area (Å²) >= 11 is 6.13. The highest BCUT2D eigenvalue weighted by Crippen LogP contribution is 2.27. The predicted molar refractivity (Wildman–Crippen MR) is 68.5 cm³/mol. The topological polar surface area (TPSA) is 55.9 Å². The molecule has 1 heterocycles. The van der Waals surface area contributed by atoms with Crippen LogP contribution in [0.25, 0.3) is 0 Å². The van der Waals surface area contributed by atoms with Gasteiger partial charge in [-0.25, -0.2) is 9.82 Å². The molecule has 0 aliphatic carbocycles. The van der Waals surface area contributed by atoms with Crippen molar-refractivity contribution in [1.82, 2.24) is 15.2 Å². The van der Waals surface area contributed by atoms with Crippen LogP contribution in [0.15, 0.2) is 30.5 Å². The van der Waals surface area contributed by atoms with E-state index in [1.54, 1.807) is 23.0 Å². The molecule has 1 atom stereocenters. The van der Waals surface area contributed by atoms with E-state index in [9.17, 15) is 4.39 Å². The number of aromatic nitrogens is 2. The molecule has 3 N–H and O–H groups in total. The molecule has 1 unspecified atom stereocenters. The van der Waals surface area contributed by atoms with Gasteiger partial charge in [0.1, 0.15) is 5.82 Å². The zero-order chi connectivity index (χ0) is 13.1. The van der Waals surface area contributed by atoms with Crippen LogP contribution < -0.4 is 11.3 Å². The number of rotatable bonds is 4. The van der Waals surface area contributed by atoms with Crippen LogP contribution in [-0.2, 0) is 6.54 Å². The third-order valence-electron chi connectivity index (χ3n) is 2.78. The summed E-state index contributed by atoms with van der Waals surface area (Å²) < 4.78 is 14.7. The van der Waals surface area contributed by atoms with Crippen molar-refractivity contribution >= 4 is 11.6 Å². The van der Waals surface area contributed by atoms with E-state index in [-0.39, 0.29) is 11.9 Å². The average Bonchev–Trinajstić information content (AvgIpc) is 2.74. The second-order valence-corrected chi connectivity index (χ2v) is 4.25. The van der Waals surface area contributed by atoms with Crippen molar-refractivity contribution < 1.29 is 4.39 Å². The van der Waals surface area contributed by atoms with Crippen molar-refractivity contribution in [1.29, 1.82) is 0 Å². The maximum absolute atomic E-state index is 12.9. The summed E-state index contributed by atoms with van der Waals surface area (Å²) in [6.45, 7) is 2.65. The molecular formula is C12H14ClFN4. The molecule has 0 aliphatic rings. The van der Waals surface area contributed by atoms with E-state index in [1.165, 1.54) is 12.1 Å². The molecule has 2 aromatic rings. The molecule has 0 radical (unpaired) electrons. The van der Waals surface area contributed by atoms with Gasteiger partial charge >= 0.3 is 0 Å². The summed E-state index contributed by atoms with van der Waals surface area (Å²) in [5.74, 6) is 5.30. The molecule has 2 rings (SSSR count). The van der Waals surface area contributed by atoms with Crippen LogP contribution in [0.4, 0.5) is 4.39 Å². The fraction of sp³-hybridized carbons (Fsp3) is 0.250. The molecule has 0 aliphatic heterocycles. The van der Waals surface area contributed by atoms with E-state index in [0.29, 0.717) is 11.6 Å². The molecule has 1 aromatic heterocycles. The monoisotopic (exact) mass is 268 g/mol. The van der Waals surface area contributed by atoms with E-state index in [4.69, 9.17) is 17.4 Å². The number of hydrazine groups is 1. The van der Waals surface area contributed by atoms with Crippen LogP contribution in [0.2, 0.25) is 5.02 Å². The van der Waals surface area contributed by atoms with Gasteiger partial charge in [0, 0.05) is 6.54 Å². The van der Waals surface area contributed by atoms with Gasteiger partial charge < -0.3 is 0 Å². The number of hydrogen-bond acceptors (Lipinski definition) is 3. The number of nitrogens with two attached hydrogens (primary N) is 1.